The highest BCUT2D eigenvalue weighted by Crippen LogP contribution is 2.30. The van der Waals surface area contributed by atoms with E-state index in [1.807, 2.05) is 13.0 Å². The second kappa shape index (κ2) is 9.09. The van der Waals surface area contributed by atoms with Crippen molar-refractivity contribution < 1.29 is 23.1 Å². The second-order valence-corrected chi connectivity index (χ2v) is 6.94. The molecule has 5 nitrogen and oxygen atoms in total. The molecule has 3 rings (SSSR count). The van der Waals surface area contributed by atoms with Crippen molar-refractivity contribution in [2.75, 3.05) is 6.61 Å². The van der Waals surface area contributed by atoms with Gasteiger partial charge in [-0.3, -0.25) is 4.79 Å². The first-order valence-electron chi connectivity index (χ1n) is 9.17. The molecule has 0 bridgehead atoms. The van der Waals surface area contributed by atoms with E-state index in [2.05, 4.69) is 0 Å². The molecule has 0 unspecified atom stereocenters. The molecular formula is C22H20ClFO5. The maximum absolute atomic E-state index is 13.3. The SMILES string of the molecule is CCOC(=O)CCc1cc2c(C)cc(=O)oc2cc1OCc1ccc(F)cc1Cl. The number of carbonyl (C=O) groups is 1. The number of fused-ring (bicyclic) bond motifs is 1. The van der Waals surface area contributed by atoms with Crippen molar-refractivity contribution in [2.24, 2.45) is 0 Å². The Morgan fingerprint density at radius 3 is 2.69 bits per heavy atom. The van der Waals surface area contributed by atoms with Crippen molar-refractivity contribution in [1.82, 2.24) is 0 Å². The van der Waals surface area contributed by atoms with E-state index in [0.29, 0.717) is 29.9 Å². The molecule has 3 aromatic rings. The van der Waals surface area contributed by atoms with Crippen molar-refractivity contribution in [3.8, 4) is 5.75 Å². The number of halogens is 2. The Hall–Kier alpha value is -2.86. The molecule has 0 saturated carbocycles. The molecule has 29 heavy (non-hydrogen) atoms. The maximum atomic E-state index is 13.3. The lowest BCUT2D eigenvalue weighted by Gasteiger charge is -2.14. The summed E-state index contributed by atoms with van der Waals surface area (Å²) in [5, 5.41) is 1.01. The van der Waals surface area contributed by atoms with Crippen molar-refractivity contribution in [2.45, 2.75) is 33.3 Å². The predicted octanol–water partition coefficient (Wildman–Crippen LogP) is 4.97. The third-order valence-corrected chi connectivity index (χ3v) is 4.79. The van der Waals surface area contributed by atoms with Gasteiger partial charge in [0.15, 0.2) is 0 Å². The summed E-state index contributed by atoms with van der Waals surface area (Å²) in [7, 11) is 0. The number of benzene rings is 2. The van der Waals surface area contributed by atoms with Gasteiger partial charge >= 0.3 is 11.6 Å². The lowest BCUT2D eigenvalue weighted by Crippen LogP contribution is -2.07. The standard InChI is InChI=1S/C22H20ClFO5/c1-3-27-21(25)7-5-14-9-17-13(2)8-22(26)29-20(17)11-19(14)28-12-15-4-6-16(24)10-18(15)23/h4,6,8-11H,3,5,7,12H2,1-2H3. The van der Waals surface area contributed by atoms with Crippen LogP contribution in [0.3, 0.4) is 0 Å². The fourth-order valence-electron chi connectivity index (χ4n) is 2.98. The average molecular weight is 419 g/mol. The molecule has 0 N–H and O–H groups in total. The first kappa shape index (κ1) is 20.9. The van der Waals surface area contributed by atoms with Crippen LogP contribution in [0.15, 0.2) is 45.6 Å². The molecule has 7 heteroatoms. The van der Waals surface area contributed by atoms with Crippen LogP contribution in [0.4, 0.5) is 4.39 Å². The first-order valence-corrected chi connectivity index (χ1v) is 9.55. The number of hydrogen-bond donors (Lipinski definition) is 0. The van der Waals surface area contributed by atoms with Gasteiger partial charge in [-0.25, -0.2) is 9.18 Å². The van der Waals surface area contributed by atoms with E-state index in [4.69, 9.17) is 25.5 Å². The monoisotopic (exact) mass is 418 g/mol. The van der Waals surface area contributed by atoms with Crippen LogP contribution in [0.1, 0.15) is 30.0 Å². The summed E-state index contributed by atoms with van der Waals surface area (Å²) in [5.74, 6) is -0.288. The minimum absolute atomic E-state index is 0.0904. The molecule has 0 aliphatic carbocycles. The van der Waals surface area contributed by atoms with Crippen LogP contribution in [-0.4, -0.2) is 12.6 Å². The molecule has 2 aromatic carbocycles. The average Bonchev–Trinajstić information content (AvgIpc) is 2.65. The third kappa shape index (κ3) is 5.15. The van der Waals surface area contributed by atoms with Crippen molar-refractivity contribution >= 4 is 28.5 Å². The van der Waals surface area contributed by atoms with E-state index in [0.717, 1.165) is 16.5 Å². The van der Waals surface area contributed by atoms with Gasteiger partial charge in [0.25, 0.3) is 0 Å². The molecule has 0 atom stereocenters. The van der Waals surface area contributed by atoms with Gasteiger partial charge in [0.1, 0.15) is 23.8 Å². The number of aryl methyl sites for hydroxylation is 2. The molecular weight excluding hydrogens is 399 g/mol. The zero-order valence-corrected chi connectivity index (χ0v) is 16.8. The summed E-state index contributed by atoms with van der Waals surface area (Å²) in [6.07, 6.45) is 0.572. The third-order valence-electron chi connectivity index (χ3n) is 4.43. The van der Waals surface area contributed by atoms with Gasteiger partial charge in [0.2, 0.25) is 0 Å². The maximum Gasteiger partial charge on any atom is 0.336 e. The Kier molecular flexibility index (Phi) is 6.54. The van der Waals surface area contributed by atoms with Crippen LogP contribution in [0, 0.1) is 12.7 Å². The molecule has 1 aromatic heterocycles. The summed E-state index contributed by atoms with van der Waals surface area (Å²) >= 11 is 6.07. The van der Waals surface area contributed by atoms with Gasteiger partial charge in [0.05, 0.1) is 11.6 Å². The minimum atomic E-state index is -0.457. The quantitative estimate of drug-likeness (QED) is 0.400. The highest BCUT2D eigenvalue weighted by Gasteiger charge is 2.14. The lowest BCUT2D eigenvalue weighted by molar-refractivity contribution is -0.143. The first-order chi connectivity index (χ1) is 13.9. The summed E-state index contributed by atoms with van der Waals surface area (Å²) in [6.45, 7) is 3.97. The van der Waals surface area contributed by atoms with Gasteiger partial charge < -0.3 is 13.9 Å². The Morgan fingerprint density at radius 1 is 1.17 bits per heavy atom. The normalized spacial score (nSPS) is 10.9. The molecule has 0 saturated heterocycles. The summed E-state index contributed by atoms with van der Waals surface area (Å²) < 4.78 is 29.4. The molecule has 0 spiro atoms. The van der Waals surface area contributed by atoms with Crippen molar-refractivity contribution in [3.05, 3.63) is 74.3 Å². The van der Waals surface area contributed by atoms with Gasteiger partial charge in [-0.05, 0) is 49.6 Å². The number of esters is 1. The summed E-state index contributed by atoms with van der Waals surface area (Å²) in [5.41, 5.74) is 2.06. The number of ether oxygens (including phenoxy) is 2. The molecule has 0 aliphatic heterocycles. The molecule has 0 aliphatic rings. The highest BCUT2D eigenvalue weighted by molar-refractivity contribution is 6.31. The second-order valence-electron chi connectivity index (χ2n) is 6.53. The van der Waals surface area contributed by atoms with E-state index < -0.39 is 11.4 Å². The highest BCUT2D eigenvalue weighted by atomic mass is 35.5. The predicted molar refractivity (Wildman–Crippen MR) is 108 cm³/mol. The zero-order valence-electron chi connectivity index (χ0n) is 16.1. The van der Waals surface area contributed by atoms with E-state index in [1.165, 1.54) is 18.2 Å². The van der Waals surface area contributed by atoms with E-state index in [9.17, 15) is 14.0 Å². The molecule has 1 heterocycles. The van der Waals surface area contributed by atoms with E-state index >= 15 is 0 Å². The summed E-state index contributed by atoms with van der Waals surface area (Å²) in [4.78, 5) is 23.5. The molecule has 0 fully saturated rings. The van der Waals surface area contributed by atoms with Crippen LogP contribution in [-0.2, 0) is 22.6 Å². The molecule has 0 radical (unpaired) electrons. The fraction of sp³-hybridized carbons (Fsp3) is 0.273. The van der Waals surface area contributed by atoms with Crippen molar-refractivity contribution in [3.63, 3.8) is 0 Å². The topological polar surface area (TPSA) is 65.7 Å². The van der Waals surface area contributed by atoms with Crippen LogP contribution in [0.2, 0.25) is 5.02 Å². The van der Waals surface area contributed by atoms with Crippen LogP contribution >= 0.6 is 11.6 Å². The zero-order chi connectivity index (χ0) is 21.0. The van der Waals surface area contributed by atoms with Gasteiger partial charge in [0, 0.05) is 29.5 Å². The number of carbonyl (C=O) groups excluding carboxylic acids is 1. The Balaban J connectivity index is 1.94. The van der Waals surface area contributed by atoms with Gasteiger partial charge in [-0.1, -0.05) is 17.7 Å². The largest absolute Gasteiger partial charge is 0.488 e. The van der Waals surface area contributed by atoms with Crippen LogP contribution in [0.5, 0.6) is 5.75 Å². The minimum Gasteiger partial charge on any atom is -0.488 e. The van der Waals surface area contributed by atoms with Gasteiger partial charge in [-0.15, -0.1) is 0 Å². The van der Waals surface area contributed by atoms with E-state index in [1.54, 1.807) is 19.1 Å². The Morgan fingerprint density at radius 2 is 1.97 bits per heavy atom. The van der Waals surface area contributed by atoms with Crippen LogP contribution in [0.25, 0.3) is 11.0 Å². The Labute approximate surface area is 172 Å². The Bertz CT molecular complexity index is 1110. The molecule has 152 valence electrons. The lowest BCUT2D eigenvalue weighted by atomic mass is 10.0. The van der Waals surface area contributed by atoms with Gasteiger partial charge in [-0.2, -0.15) is 0 Å². The number of hydrogen-bond acceptors (Lipinski definition) is 5. The van der Waals surface area contributed by atoms with Crippen molar-refractivity contribution in [1.29, 1.82) is 0 Å². The molecule has 0 amide bonds. The summed E-state index contributed by atoms with van der Waals surface area (Å²) in [6, 6.07) is 8.94. The fourth-order valence-corrected chi connectivity index (χ4v) is 3.21. The number of rotatable bonds is 7. The van der Waals surface area contributed by atoms with Crippen LogP contribution < -0.4 is 10.4 Å². The van der Waals surface area contributed by atoms with E-state index in [-0.39, 0.29) is 24.0 Å². The smallest absolute Gasteiger partial charge is 0.336 e.